The van der Waals surface area contributed by atoms with E-state index in [9.17, 15) is 43.2 Å². The molecule has 0 heterocycles. The van der Waals surface area contributed by atoms with Crippen LogP contribution in [-0.2, 0) is 65.4 Å². The van der Waals surface area contributed by atoms with E-state index >= 15 is 0 Å². The number of phosphoric acid groups is 2. The molecule has 19 heteroatoms. The maximum atomic E-state index is 13.1. The van der Waals surface area contributed by atoms with Gasteiger partial charge >= 0.3 is 39.5 Å². The Hall–Kier alpha value is -1.94. The first kappa shape index (κ1) is 95.1. The van der Waals surface area contributed by atoms with Gasteiger partial charge in [0.2, 0.25) is 0 Å². The first-order valence-corrected chi connectivity index (χ1v) is 43.5. The van der Waals surface area contributed by atoms with E-state index < -0.39 is 97.5 Å². The fourth-order valence-electron chi connectivity index (χ4n) is 12.0. The second-order valence-corrected chi connectivity index (χ2v) is 32.0. The van der Waals surface area contributed by atoms with Gasteiger partial charge in [0.25, 0.3) is 0 Å². The predicted octanol–water partition coefficient (Wildman–Crippen LogP) is 23.1. The molecule has 0 aromatic heterocycles. The monoisotopic (exact) mass is 1420 g/mol. The zero-order valence-electron chi connectivity index (χ0n) is 63.4. The third-order valence-electron chi connectivity index (χ3n) is 18.2. The van der Waals surface area contributed by atoms with E-state index in [-0.39, 0.29) is 25.7 Å². The van der Waals surface area contributed by atoms with Gasteiger partial charge in [0.15, 0.2) is 12.2 Å². The Bertz CT molecular complexity index is 1870. The van der Waals surface area contributed by atoms with Gasteiger partial charge in [-0.05, 0) is 37.5 Å². The Kier molecular flexibility index (Phi) is 68.4. The molecule has 0 aliphatic heterocycles. The lowest BCUT2D eigenvalue weighted by Crippen LogP contribution is -2.30. The molecule has 0 rings (SSSR count). The molecule has 17 nitrogen and oxygen atoms in total. The highest BCUT2D eigenvalue weighted by atomic mass is 31.2. The number of ether oxygens (including phenoxy) is 4. The highest BCUT2D eigenvalue weighted by molar-refractivity contribution is 7.47. The summed E-state index contributed by atoms with van der Waals surface area (Å²) in [4.78, 5) is 72.9. The fourth-order valence-corrected chi connectivity index (χ4v) is 13.6. The average Bonchev–Trinajstić information content (AvgIpc) is 1.17. The Morgan fingerprint density at radius 2 is 0.474 bits per heavy atom. The highest BCUT2D eigenvalue weighted by Crippen LogP contribution is 2.45. The van der Waals surface area contributed by atoms with Gasteiger partial charge in [-0.15, -0.1) is 0 Å². The Morgan fingerprint density at radius 3 is 0.701 bits per heavy atom. The summed E-state index contributed by atoms with van der Waals surface area (Å²) in [5.74, 6) is -0.582. The standard InChI is InChI=1S/C78H152O17P2/c1-7-9-11-13-15-17-19-21-22-25-28-32-35-42-48-54-60-75(80)88-66-73(94-78(83)63-57-51-45-37-33-29-26-23-24-27-30-34-40-46-52-58-70(3)4)68-92-96(84,85)90-64-72(79)65-91-97(86,87)93-69-74(67-89-76(81)61-55-49-43-39-38-41-47-53-59-71(5)6)95-77(82)62-56-50-44-36-31-20-18-16-14-12-10-8-2/h70-74,79H,7-69H2,1-6H3,(H,84,85)(H,86,87)/t72-,73-,74-/m1/s1. The molecular formula is C78H152O17P2. The van der Waals surface area contributed by atoms with Crippen molar-refractivity contribution in [2.45, 2.75) is 426 Å². The number of hydrogen-bond donors (Lipinski definition) is 3. The van der Waals surface area contributed by atoms with Gasteiger partial charge in [-0.25, -0.2) is 9.13 Å². The summed E-state index contributed by atoms with van der Waals surface area (Å²) in [6, 6.07) is 0. The summed E-state index contributed by atoms with van der Waals surface area (Å²) in [5.41, 5.74) is 0. The molecule has 0 aromatic carbocycles. The molecule has 0 aliphatic carbocycles. The zero-order chi connectivity index (χ0) is 71.4. The third-order valence-corrected chi connectivity index (χ3v) is 20.1. The van der Waals surface area contributed by atoms with E-state index in [1.807, 2.05) is 0 Å². The van der Waals surface area contributed by atoms with E-state index in [4.69, 9.17) is 37.0 Å². The van der Waals surface area contributed by atoms with Crippen LogP contribution in [0.4, 0.5) is 0 Å². The number of aliphatic hydroxyl groups excluding tert-OH is 1. The lowest BCUT2D eigenvalue weighted by Gasteiger charge is -2.21. The molecule has 0 saturated carbocycles. The minimum atomic E-state index is -4.96. The van der Waals surface area contributed by atoms with Gasteiger partial charge in [0.05, 0.1) is 26.4 Å². The topological polar surface area (TPSA) is 237 Å². The van der Waals surface area contributed by atoms with Crippen LogP contribution in [0.2, 0.25) is 0 Å². The predicted molar refractivity (Wildman–Crippen MR) is 395 cm³/mol. The van der Waals surface area contributed by atoms with Crippen LogP contribution in [0.15, 0.2) is 0 Å². The molecule has 0 aliphatic rings. The van der Waals surface area contributed by atoms with E-state index in [2.05, 4.69) is 41.5 Å². The molecule has 0 saturated heterocycles. The van der Waals surface area contributed by atoms with Crippen LogP contribution in [-0.4, -0.2) is 96.7 Å². The smallest absolute Gasteiger partial charge is 0.462 e. The van der Waals surface area contributed by atoms with Gasteiger partial charge in [-0.1, -0.05) is 356 Å². The zero-order valence-corrected chi connectivity index (χ0v) is 65.2. The molecule has 0 spiro atoms. The molecule has 0 fully saturated rings. The van der Waals surface area contributed by atoms with Crippen molar-refractivity contribution < 1.29 is 80.2 Å². The first-order valence-electron chi connectivity index (χ1n) is 40.5. The van der Waals surface area contributed by atoms with Gasteiger partial charge in [0.1, 0.15) is 19.3 Å². The van der Waals surface area contributed by atoms with Gasteiger partial charge < -0.3 is 33.8 Å². The third kappa shape index (κ3) is 72.2. The van der Waals surface area contributed by atoms with Crippen molar-refractivity contribution in [3.8, 4) is 0 Å². The molecule has 0 bridgehead atoms. The van der Waals surface area contributed by atoms with E-state index in [0.29, 0.717) is 25.7 Å². The molecule has 0 radical (unpaired) electrons. The maximum absolute atomic E-state index is 13.1. The first-order chi connectivity index (χ1) is 46.9. The number of hydrogen-bond acceptors (Lipinski definition) is 15. The number of rotatable bonds is 77. The van der Waals surface area contributed by atoms with Crippen molar-refractivity contribution in [3.63, 3.8) is 0 Å². The van der Waals surface area contributed by atoms with Crippen molar-refractivity contribution in [1.29, 1.82) is 0 Å². The summed E-state index contributed by atoms with van der Waals surface area (Å²) < 4.78 is 68.6. The molecule has 0 amide bonds. The Labute approximate surface area is 594 Å². The molecule has 576 valence electrons. The van der Waals surface area contributed by atoms with E-state index in [0.717, 1.165) is 102 Å². The van der Waals surface area contributed by atoms with E-state index in [1.54, 1.807) is 0 Å². The molecule has 2 unspecified atom stereocenters. The van der Waals surface area contributed by atoms with Crippen molar-refractivity contribution >= 4 is 39.5 Å². The van der Waals surface area contributed by atoms with Crippen molar-refractivity contribution in [1.82, 2.24) is 0 Å². The number of esters is 4. The van der Waals surface area contributed by atoms with Crippen LogP contribution in [0.3, 0.4) is 0 Å². The van der Waals surface area contributed by atoms with Crippen LogP contribution in [0.5, 0.6) is 0 Å². The molecule has 5 atom stereocenters. The van der Waals surface area contributed by atoms with Crippen LogP contribution in [0.25, 0.3) is 0 Å². The lowest BCUT2D eigenvalue weighted by molar-refractivity contribution is -0.161. The molecule has 3 N–H and O–H groups in total. The summed E-state index contributed by atoms with van der Waals surface area (Å²) in [6.45, 7) is 9.61. The SMILES string of the molecule is CCCCCCCCCCCCCCCCCCC(=O)OC[C@H](COP(=O)(O)OC[C@@H](O)COP(=O)(O)OC[C@@H](COC(=O)CCCCCCCCCCC(C)C)OC(=O)CCCCCCCCCCCCCC)OC(=O)CCCCCCCCCCCCCCCCCC(C)C. The number of carbonyl (C=O) groups is 4. The van der Waals surface area contributed by atoms with Gasteiger partial charge in [-0.3, -0.25) is 37.3 Å². The molecule has 0 aromatic rings. The second kappa shape index (κ2) is 69.8. The number of phosphoric ester groups is 2. The van der Waals surface area contributed by atoms with Crippen LogP contribution < -0.4 is 0 Å². The summed E-state index contributed by atoms with van der Waals surface area (Å²) in [5, 5.41) is 10.6. The summed E-state index contributed by atoms with van der Waals surface area (Å²) in [6.07, 6.45) is 58.2. The Morgan fingerprint density at radius 1 is 0.278 bits per heavy atom. The fraction of sp³-hybridized carbons (Fsp3) is 0.949. The van der Waals surface area contributed by atoms with Crippen LogP contribution in [0, 0.1) is 11.8 Å². The number of carbonyl (C=O) groups excluding carboxylic acids is 4. The van der Waals surface area contributed by atoms with Crippen molar-refractivity contribution in [2.24, 2.45) is 11.8 Å². The minimum absolute atomic E-state index is 0.107. The lowest BCUT2D eigenvalue weighted by atomic mass is 10.0. The highest BCUT2D eigenvalue weighted by Gasteiger charge is 2.30. The number of unbranched alkanes of at least 4 members (excludes halogenated alkanes) is 47. The number of aliphatic hydroxyl groups is 1. The van der Waals surface area contributed by atoms with Crippen molar-refractivity contribution in [2.75, 3.05) is 39.6 Å². The summed E-state index contributed by atoms with van der Waals surface area (Å²) >= 11 is 0. The van der Waals surface area contributed by atoms with Crippen LogP contribution in [0.1, 0.15) is 408 Å². The summed E-state index contributed by atoms with van der Waals surface area (Å²) in [7, 11) is -9.91. The second-order valence-electron chi connectivity index (χ2n) is 29.1. The normalized spacial score (nSPS) is 14.0. The maximum Gasteiger partial charge on any atom is 0.472 e. The van der Waals surface area contributed by atoms with E-state index in [1.165, 1.54) is 225 Å². The van der Waals surface area contributed by atoms with Crippen molar-refractivity contribution in [3.05, 3.63) is 0 Å². The molecule has 97 heavy (non-hydrogen) atoms. The quantitative estimate of drug-likeness (QED) is 0.0222. The van der Waals surface area contributed by atoms with Crippen LogP contribution >= 0.6 is 15.6 Å². The van der Waals surface area contributed by atoms with Gasteiger partial charge in [0, 0.05) is 25.7 Å². The minimum Gasteiger partial charge on any atom is -0.462 e. The Balaban J connectivity index is 5.24. The average molecular weight is 1420 g/mol. The van der Waals surface area contributed by atoms with Gasteiger partial charge in [-0.2, -0.15) is 0 Å². The molecular weight excluding hydrogens is 1270 g/mol. The largest absolute Gasteiger partial charge is 0.472 e.